The van der Waals surface area contributed by atoms with Crippen LogP contribution >= 0.6 is 0 Å². The summed E-state index contributed by atoms with van der Waals surface area (Å²) in [5.74, 6) is -1.14. The molecular weight excluding hydrogens is 294 g/mol. The SMILES string of the molecule is Cc1cnn(-c2ccc(C(=O)N3CCC(C(=O)O)CC3)cc2)c1. The molecule has 0 bridgehead atoms. The lowest BCUT2D eigenvalue weighted by Crippen LogP contribution is -2.40. The zero-order valence-electron chi connectivity index (χ0n) is 13.0. The Morgan fingerprint density at radius 2 is 1.83 bits per heavy atom. The van der Waals surface area contributed by atoms with Crippen LogP contribution in [0.15, 0.2) is 36.7 Å². The minimum atomic E-state index is -0.768. The molecule has 1 saturated heterocycles. The molecule has 2 heterocycles. The number of rotatable bonds is 3. The average molecular weight is 313 g/mol. The van der Waals surface area contributed by atoms with E-state index in [1.807, 2.05) is 25.3 Å². The third-order valence-electron chi connectivity index (χ3n) is 4.22. The molecule has 0 unspecified atom stereocenters. The van der Waals surface area contributed by atoms with Gasteiger partial charge in [0.15, 0.2) is 0 Å². The molecule has 1 N–H and O–H groups in total. The first-order valence-electron chi connectivity index (χ1n) is 7.68. The van der Waals surface area contributed by atoms with E-state index >= 15 is 0 Å². The van der Waals surface area contributed by atoms with Crippen molar-refractivity contribution < 1.29 is 14.7 Å². The fraction of sp³-hybridized carbons (Fsp3) is 0.353. The molecule has 0 aliphatic carbocycles. The largest absolute Gasteiger partial charge is 0.481 e. The number of carbonyl (C=O) groups excluding carboxylic acids is 1. The van der Waals surface area contributed by atoms with E-state index in [-0.39, 0.29) is 11.8 Å². The highest BCUT2D eigenvalue weighted by molar-refractivity contribution is 5.94. The van der Waals surface area contributed by atoms with Gasteiger partial charge in [-0.3, -0.25) is 9.59 Å². The van der Waals surface area contributed by atoms with Gasteiger partial charge in [0.25, 0.3) is 5.91 Å². The van der Waals surface area contributed by atoms with Gasteiger partial charge in [0, 0.05) is 24.8 Å². The molecule has 6 heteroatoms. The number of aryl methyl sites for hydroxylation is 1. The van der Waals surface area contributed by atoms with E-state index < -0.39 is 5.97 Å². The summed E-state index contributed by atoms with van der Waals surface area (Å²) in [4.78, 5) is 25.2. The quantitative estimate of drug-likeness (QED) is 0.942. The molecule has 0 spiro atoms. The molecule has 1 amide bonds. The Kier molecular flexibility index (Phi) is 4.14. The van der Waals surface area contributed by atoms with Gasteiger partial charge in [-0.2, -0.15) is 5.10 Å². The van der Waals surface area contributed by atoms with Gasteiger partial charge in [0.05, 0.1) is 17.8 Å². The van der Waals surface area contributed by atoms with Crippen molar-refractivity contribution in [1.29, 1.82) is 0 Å². The second-order valence-corrected chi connectivity index (χ2v) is 5.91. The first kappa shape index (κ1) is 15.3. The molecule has 2 aromatic rings. The molecule has 1 aromatic carbocycles. The van der Waals surface area contributed by atoms with Crippen LogP contribution in [0.1, 0.15) is 28.8 Å². The van der Waals surface area contributed by atoms with Crippen molar-refractivity contribution in [1.82, 2.24) is 14.7 Å². The number of aromatic nitrogens is 2. The van der Waals surface area contributed by atoms with Crippen molar-refractivity contribution >= 4 is 11.9 Å². The predicted octanol–water partition coefficient (Wildman–Crippen LogP) is 2.12. The lowest BCUT2D eigenvalue weighted by Gasteiger charge is -2.30. The molecule has 1 aliphatic heterocycles. The van der Waals surface area contributed by atoms with Crippen molar-refractivity contribution in [3.05, 3.63) is 47.8 Å². The highest BCUT2D eigenvalue weighted by Gasteiger charge is 2.27. The topological polar surface area (TPSA) is 75.4 Å². The van der Waals surface area contributed by atoms with Gasteiger partial charge in [-0.1, -0.05) is 0 Å². The molecule has 0 atom stereocenters. The molecule has 6 nitrogen and oxygen atoms in total. The second kappa shape index (κ2) is 6.24. The number of carboxylic acids is 1. The third kappa shape index (κ3) is 3.26. The number of hydrogen-bond donors (Lipinski definition) is 1. The van der Waals surface area contributed by atoms with Gasteiger partial charge in [0.1, 0.15) is 0 Å². The Labute approximate surface area is 134 Å². The van der Waals surface area contributed by atoms with E-state index in [0.717, 1.165) is 11.3 Å². The minimum absolute atomic E-state index is 0.0444. The van der Waals surface area contributed by atoms with Crippen LogP contribution < -0.4 is 0 Å². The van der Waals surface area contributed by atoms with Crippen molar-refractivity contribution in [3.63, 3.8) is 0 Å². The number of likely N-dealkylation sites (tertiary alicyclic amines) is 1. The van der Waals surface area contributed by atoms with Gasteiger partial charge in [-0.15, -0.1) is 0 Å². The number of aliphatic carboxylic acids is 1. The third-order valence-corrected chi connectivity index (χ3v) is 4.22. The lowest BCUT2D eigenvalue weighted by molar-refractivity contribution is -0.143. The van der Waals surface area contributed by atoms with Crippen LogP contribution in [-0.2, 0) is 4.79 Å². The van der Waals surface area contributed by atoms with Crippen LogP contribution in [0.25, 0.3) is 5.69 Å². The van der Waals surface area contributed by atoms with Gasteiger partial charge in [-0.25, -0.2) is 4.68 Å². The number of carboxylic acid groups (broad SMARTS) is 1. The number of benzene rings is 1. The van der Waals surface area contributed by atoms with Crippen LogP contribution in [0.2, 0.25) is 0 Å². The maximum Gasteiger partial charge on any atom is 0.306 e. The molecule has 3 rings (SSSR count). The lowest BCUT2D eigenvalue weighted by atomic mass is 9.96. The maximum atomic E-state index is 12.5. The molecule has 120 valence electrons. The highest BCUT2D eigenvalue weighted by atomic mass is 16.4. The molecule has 23 heavy (non-hydrogen) atoms. The summed E-state index contributed by atoms with van der Waals surface area (Å²) in [6.45, 7) is 2.97. The van der Waals surface area contributed by atoms with Crippen LogP contribution in [0, 0.1) is 12.8 Å². The molecule has 1 fully saturated rings. The van der Waals surface area contributed by atoms with E-state index in [9.17, 15) is 9.59 Å². The monoisotopic (exact) mass is 313 g/mol. The number of carbonyl (C=O) groups is 2. The summed E-state index contributed by atoms with van der Waals surface area (Å²) in [5, 5.41) is 13.2. The van der Waals surface area contributed by atoms with Gasteiger partial charge >= 0.3 is 5.97 Å². The normalized spacial score (nSPS) is 15.6. The summed E-state index contributed by atoms with van der Waals surface area (Å²) in [5.41, 5.74) is 2.59. The van der Waals surface area contributed by atoms with Crippen molar-refractivity contribution in [2.75, 3.05) is 13.1 Å². The van der Waals surface area contributed by atoms with Crippen molar-refractivity contribution in [3.8, 4) is 5.69 Å². The first-order valence-corrected chi connectivity index (χ1v) is 7.68. The smallest absolute Gasteiger partial charge is 0.306 e. The van der Waals surface area contributed by atoms with E-state index in [1.165, 1.54) is 0 Å². The fourth-order valence-corrected chi connectivity index (χ4v) is 2.82. The Morgan fingerprint density at radius 1 is 1.17 bits per heavy atom. The molecular formula is C17H19N3O3. The van der Waals surface area contributed by atoms with Crippen molar-refractivity contribution in [2.45, 2.75) is 19.8 Å². The zero-order valence-corrected chi connectivity index (χ0v) is 13.0. The molecule has 0 radical (unpaired) electrons. The summed E-state index contributed by atoms with van der Waals surface area (Å²) < 4.78 is 1.77. The van der Waals surface area contributed by atoms with Crippen LogP contribution in [0.4, 0.5) is 0 Å². The van der Waals surface area contributed by atoms with E-state index in [2.05, 4.69) is 5.10 Å². The van der Waals surface area contributed by atoms with Gasteiger partial charge < -0.3 is 10.0 Å². The number of piperidine rings is 1. The van der Waals surface area contributed by atoms with Gasteiger partial charge in [0.2, 0.25) is 0 Å². The summed E-state index contributed by atoms with van der Waals surface area (Å²) in [6, 6.07) is 7.31. The van der Waals surface area contributed by atoms with Crippen LogP contribution in [0.3, 0.4) is 0 Å². The van der Waals surface area contributed by atoms with E-state index in [0.29, 0.717) is 31.5 Å². The molecule has 0 saturated carbocycles. The van der Waals surface area contributed by atoms with E-state index in [4.69, 9.17) is 5.11 Å². The first-order chi connectivity index (χ1) is 11.0. The standard InChI is InChI=1S/C17H19N3O3/c1-12-10-18-20(11-12)15-4-2-13(3-5-15)16(21)19-8-6-14(7-9-19)17(22)23/h2-5,10-11,14H,6-9H2,1H3,(H,22,23). The zero-order chi connectivity index (χ0) is 16.4. The average Bonchev–Trinajstić information content (AvgIpc) is 3.01. The Bertz CT molecular complexity index is 713. The minimum Gasteiger partial charge on any atom is -0.481 e. The van der Waals surface area contributed by atoms with Crippen molar-refractivity contribution in [2.24, 2.45) is 5.92 Å². The Morgan fingerprint density at radius 3 is 2.35 bits per heavy atom. The highest BCUT2D eigenvalue weighted by Crippen LogP contribution is 2.20. The van der Waals surface area contributed by atoms with Crippen LogP contribution in [-0.4, -0.2) is 44.8 Å². The number of amides is 1. The number of hydrogen-bond acceptors (Lipinski definition) is 3. The fourth-order valence-electron chi connectivity index (χ4n) is 2.82. The second-order valence-electron chi connectivity index (χ2n) is 5.91. The Balaban J connectivity index is 1.68. The maximum absolute atomic E-state index is 12.5. The van der Waals surface area contributed by atoms with Crippen LogP contribution in [0.5, 0.6) is 0 Å². The molecule has 1 aliphatic rings. The summed E-state index contributed by atoms with van der Waals surface area (Å²) >= 11 is 0. The predicted molar refractivity (Wildman–Crippen MR) is 84.6 cm³/mol. The van der Waals surface area contributed by atoms with E-state index in [1.54, 1.807) is 27.9 Å². The Hall–Kier alpha value is -2.63. The number of nitrogens with zero attached hydrogens (tertiary/aromatic N) is 3. The van der Waals surface area contributed by atoms with Gasteiger partial charge in [-0.05, 0) is 49.6 Å². The summed E-state index contributed by atoms with van der Waals surface area (Å²) in [7, 11) is 0. The molecule has 1 aromatic heterocycles. The summed E-state index contributed by atoms with van der Waals surface area (Å²) in [6.07, 6.45) is 4.75.